The molecule has 0 unspecified atom stereocenters. The van der Waals surface area contributed by atoms with Crippen LogP contribution in [0.5, 0.6) is 0 Å². The quantitative estimate of drug-likeness (QED) is 0.377. The van der Waals surface area contributed by atoms with Gasteiger partial charge in [-0.25, -0.2) is 4.99 Å². The van der Waals surface area contributed by atoms with Gasteiger partial charge in [-0.15, -0.1) is 0 Å². The molecule has 0 amide bonds. The molecule has 1 aromatic rings. The molecular weight excluding hydrogens is 250 g/mol. The van der Waals surface area contributed by atoms with Gasteiger partial charge in [0.15, 0.2) is 11.4 Å². The van der Waals surface area contributed by atoms with Crippen LogP contribution in [-0.4, -0.2) is 22.5 Å². The van der Waals surface area contributed by atoms with Crippen LogP contribution in [0.1, 0.15) is 11.1 Å². The van der Waals surface area contributed by atoms with Gasteiger partial charge in [-0.3, -0.25) is 10.1 Å². The molecule has 0 saturated carbocycles. The van der Waals surface area contributed by atoms with E-state index in [1.165, 1.54) is 11.8 Å². The second-order valence-corrected chi connectivity index (χ2v) is 4.34. The van der Waals surface area contributed by atoms with Crippen molar-refractivity contribution >= 4 is 28.6 Å². The number of benzene rings is 1. The van der Waals surface area contributed by atoms with Crippen molar-refractivity contribution in [2.75, 3.05) is 6.26 Å². The SMILES string of the molecule is CSC(=Nc1cc(CC(=O)O)ccc1C)NC#N. The minimum absolute atomic E-state index is 0.0386. The van der Waals surface area contributed by atoms with E-state index in [1.54, 1.807) is 18.4 Å². The molecule has 6 heteroatoms. The maximum atomic E-state index is 10.7. The van der Waals surface area contributed by atoms with Gasteiger partial charge in [0.2, 0.25) is 0 Å². The second-order valence-electron chi connectivity index (χ2n) is 3.55. The van der Waals surface area contributed by atoms with Crippen LogP contribution in [-0.2, 0) is 11.2 Å². The lowest BCUT2D eigenvalue weighted by molar-refractivity contribution is -0.136. The van der Waals surface area contributed by atoms with Crippen molar-refractivity contribution in [3.63, 3.8) is 0 Å². The number of carbonyl (C=O) groups is 1. The summed E-state index contributed by atoms with van der Waals surface area (Å²) in [5.74, 6) is -0.881. The maximum absolute atomic E-state index is 10.7. The Morgan fingerprint density at radius 3 is 2.89 bits per heavy atom. The van der Waals surface area contributed by atoms with Crippen molar-refractivity contribution < 1.29 is 9.90 Å². The van der Waals surface area contributed by atoms with Crippen molar-refractivity contribution in [3.05, 3.63) is 29.3 Å². The predicted octanol–water partition coefficient (Wildman–Crippen LogP) is 2.04. The molecule has 0 aromatic heterocycles. The van der Waals surface area contributed by atoms with Gasteiger partial charge in [-0.2, -0.15) is 5.26 Å². The van der Waals surface area contributed by atoms with Crippen LogP contribution in [0.25, 0.3) is 0 Å². The number of amidine groups is 1. The van der Waals surface area contributed by atoms with Crippen LogP contribution >= 0.6 is 11.8 Å². The van der Waals surface area contributed by atoms with Crippen LogP contribution in [0.2, 0.25) is 0 Å². The molecule has 0 saturated heterocycles. The van der Waals surface area contributed by atoms with E-state index in [1.807, 2.05) is 19.2 Å². The van der Waals surface area contributed by atoms with Gasteiger partial charge < -0.3 is 5.11 Å². The zero-order chi connectivity index (χ0) is 13.5. The largest absolute Gasteiger partial charge is 0.481 e. The molecule has 1 rings (SSSR count). The monoisotopic (exact) mass is 263 g/mol. The summed E-state index contributed by atoms with van der Waals surface area (Å²) in [5, 5.41) is 20.2. The maximum Gasteiger partial charge on any atom is 0.307 e. The summed E-state index contributed by atoms with van der Waals surface area (Å²) >= 11 is 1.32. The van der Waals surface area contributed by atoms with E-state index in [0.29, 0.717) is 16.4 Å². The molecule has 0 fully saturated rings. The van der Waals surface area contributed by atoms with Crippen LogP contribution in [0.3, 0.4) is 0 Å². The minimum Gasteiger partial charge on any atom is -0.481 e. The fourth-order valence-corrected chi connectivity index (χ4v) is 1.68. The number of aliphatic imine (C=N–C) groups is 1. The number of thioether (sulfide) groups is 1. The molecule has 5 nitrogen and oxygen atoms in total. The van der Waals surface area contributed by atoms with Gasteiger partial charge in [0, 0.05) is 0 Å². The van der Waals surface area contributed by atoms with Gasteiger partial charge in [0.1, 0.15) is 0 Å². The lowest BCUT2D eigenvalue weighted by Gasteiger charge is -2.05. The standard InChI is InChI=1S/C12H13N3O2S/c1-8-3-4-9(6-11(16)17)5-10(8)15-12(18-2)14-7-13/h3-5H,6H2,1-2H3,(H,14,15)(H,16,17). The molecule has 0 atom stereocenters. The summed E-state index contributed by atoms with van der Waals surface area (Å²) < 4.78 is 0. The summed E-state index contributed by atoms with van der Waals surface area (Å²) in [6.45, 7) is 1.88. The number of nitrogens with zero attached hydrogens (tertiary/aromatic N) is 2. The van der Waals surface area contributed by atoms with E-state index in [9.17, 15) is 4.79 Å². The number of carboxylic acids is 1. The number of aliphatic carboxylic acids is 1. The van der Waals surface area contributed by atoms with E-state index in [0.717, 1.165) is 5.56 Å². The topological polar surface area (TPSA) is 85.5 Å². The van der Waals surface area contributed by atoms with Crippen molar-refractivity contribution in [2.45, 2.75) is 13.3 Å². The van der Waals surface area contributed by atoms with Gasteiger partial charge in [0.05, 0.1) is 12.1 Å². The van der Waals surface area contributed by atoms with Gasteiger partial charge in [-0.05, 0) is 30.4 Å². The number of carboxylic acid groups (broad SMARTS) is 1. The second kappa shape index (κ2) is 6.67. The predicted molar refractivity (Wildman–Crippen MR) is 71.9 cm³/mol. The normalized spacial score (nSPS) is 10.8. The zero-order valence-corrected chi connectivity index (χ0v) is 10.9. The number of nitriles is 1. The molecule has 0 aliphatic rings. The third-order valence-electron chi connectivity index (χ3n) is 2.21. The Morgan fingerprint density at radius 2 is 2.33 bits per heavy atom. The molecule has 0 spiro atoms. The first-order valence-electron chi connectivity index (χ1n) is 5.16. The van der Waals surface area contributed by atoms with E-state index >= 15 is 0 Å². The molecule has 0 aliphatic carbocycles. The molecule has 0 aliphatic heterocycles. The third-order valence-corrected chi connectivity index (χ3v) is 2.79. The Bertz CT molecular complexity index is 521. The molecule has 0 bridgehead atoms. The van der Waals surface area contributed by atoms with E-state index < -0.39 is 5.97 Å². The third kappa shape index (κ3) is 4.11. The van der Waals surface area contributed by atoms with Crippen LogP contribution in [0.4, 0.5) is 5.69 Å². The van der Waals surface area contributed by atoms with Crippen molar-refractivity contribution in [2.24, 2.45) is 4.99 Å². The fraction of sp³-hybridized carbons (Fsp3) is 0.250. The number of aryl methyl sites for hydroxylation is 1. The van der Waals surface area contributed by atoms with Crippen LogP contribution in [0, 0.1) is 18.4 Å². The first-order valence-corrected chi connectivity index (χ1v) is 6.38. The summed E-state index contributed by atoms with van der Waals surface area (Å²) in [5.41, 5.74) is 2.28. The van der Waals surface area contributed by atoms with Crippen LogP contribution in [0.15, 0.2) is 23.2 Å². The summed E-state index contributed by atoms with van der Waals surface area (Å²) in [6.07, 6.45) is 3.58. The first kappa shape index (κ1) is 14.1. The highest BCUT2D eigenvalue weighted by molar-refractivity contribution is 8.13. The number of hydrogen-bond donors (Lipinski definition) is 2. The van der Waals surface area contributed by atoms with E-state index in [-0.39, 0.29) is 6.42 Å². The Labute approximate surface area is 110 Å². The van der Waals surface area contributed by atoms with Gasteiger partial charge in [-0.1, -0.05) is 23.9 Å². The summed E-state index contributed by atoms with van der Waals surface area (Å²) in [4.78, 5) is 14.9. The molecule has 94 valence electrons. The Balaban J connectivity index is 3.07. The lowest BCUT2D eigenvalue weighted by atomic mass is 10.1. The van der Waals surface area contributed by atoms with Gasteiger partial charge in [0.25, 0.3) is 0 Å². The molecule has 2 N–H and O–H groups in total. The summed E-state index contributed by atoms with van der Waals surface area (Å²) in [6, 6.07) is 5.30. The van der Waals surface area contributed by atoms with E-state index in [2.05, 4.69) is 10.3 Å². The average molecular weight is 263 g/mol. The van der Waals surface area contributed by atoms with Crippen molar-refractivity contribution in [1.29, 1.82) is 5.26 Å². The Morgan fingerprint density at radius 1 is 1.61 bits per heavy atom. The number of hydrogen-bond acceptors (Lipinski definition) is 4. The highest BCUT2D eigenvalue weighted by Crippen LogP contribution is 2.21. The minimum atomic E-state index is -0.881. The lowest BCUT2D eigenvalue weighted by Crippen LogP contribution is -2.12. The van der Waals surface area contributed by atoms with Crippen LogP contribution < -0.4 is 5.32 Å². The highest BCUT2D eigenvalue weighted by atomic mass is 32.2. The molecule has 1 aromatic carbocycles. The zero-order valence-electron chi connectivity index (χ0n) is 10.1. The number of rotatable bonds is 3. The highest BCUT2D eigenvalue weighted by Gasteiger charge is 2.05. The Kier molecular flexibility index (Phi) is 5.21. The van der Waals surface area contributed by atoms with E-state index in [4.69, 9.17) is 10.4 Å². The average Bonchev–Trinajstić information content (AvgIpc) is 2.32. The molecular formula is C12H13N3O2S. The smallest absolute Gasteiger partial charge is 0.307 e. The Hall–Kier alpha value is -2.00. The molecule has 18 heavy (non-hydrogen) atoms. The van der Waals surface area contributed by atoms with Crippen molar-refractivity contribution in [3.8, 4) is 6.19 Å². The molecule has 0 radical (unpaired) electrons. The van der Waals surface area contributed by atoms with Crippen molar-refractivity contribution in [1.82, 2.24) is 5.32 Å². The number of nitrogens with one attached hydrogen (secondary N) is 1. The molecule has 0 heterocycles. The fourth-order valence-electron chi connectivity index (χ4n) is 1.34. The summed E-state index contributed by atoms with van der Waals surface area (Å²) in [7, 11) is 0. The first-order chi connectivity index (χ1) is 8.56. The van der Waals surface area contributed by atoms with Gasteiger partial charge >= 0.3 is 5.97 Å².